The van der Waals surface area contributed by atoms with Crippen LogP contribution in [-0.4, -0.2) is 22.6 Å². The molecule has 3 rings (SSSR count). The molecule has 7 heteroatoms. The highest BCUT2D eigenvalue weighted by molar-refractivity contribution is 8.01. The predicted molar refractivity (Wildman–Crippen MR) is 114 cm³/mol. The van der Waals surface area contributed by atoms with E-state index in [9.17, 15) is 9.59 Å². The minimum absolute atomic E-state index is 0.0351. The zero-order valence-corrected chi connectivity index (χ0v) is 16.7. The van der Waals surface area contributed by atoms with E-state index in [1.54, 1.807) is 0 Å². The fourth-order valence-corrected chi connectivity index (χ4v) is 4.36. The van der Waals surface area contributed by atoms with Gasteiger partial charge in [-0.2, -0.15) is 0 Å². The number of fused-ring (bicyclic) bond motifs is 1. The number of unbranched alkanes of at least 4 members (excludes halogenated alkanes) is 1. The van der Waals surface area contributed by atoms with E-state index in [-0.39, 0.29) is 11.8 Å². The first kappa shape index (κ1) is 19.4. The largest absolute Gasteiger partial charge is 0.326 e. The fraction of sp³-hybridized carbons (Fsp3) is 0.250. The van der Waals surface area contributed by atoms with Gasteiger partial charge in [-0.05, 0) is 36.8 Å². The Kier molecular flexibility index (Phi) is 6.84. The van der Waals surface area contributed by atoms with Crippen molar-refractivity contribution in [3.05, 3.63) is 48.5 Å². The van der Waals surface area contributed by atoms with Crippen molar-refractivity contribution in [2.75, 3.05) is 16.4 Å². The number of benzene rings is 2. The summed E-state index contributed by atoms with van der Waals surface area (Å²) in [6.45, 7) is 2.07. The number of thioether (sulfide) groups is 1. The molecule has 0 aliphatic rings. The summed E-state index contributed by atoms with van der Waals surface area (Å²) in [5.74, 6) is 0.275. The van der Waals surface area contributed by atoms with Gasteiger partial charge in [0, 0.05) is 17.8 Å². The normalized spacial score (nSPS) is 10.7. The number of para-hydroxylation sites is 1. The van der Waals surface area contributed by atoms with E-state index in [1.165, 1.54) is 23.1 Å². The Morgan fingerprint density at radius 2 is 1.81 bits per heavy atom. The summed E-state index contributed by atoms with van der Waals surface area (Å²) in [6, 6.07) is 15.1. The lowest BCUT2D eigenvalue weighted by Gasteiger charge is -2.04. The number of hydrogen-bond acceptors (Lipinski definition) is 5. The van der Waals surface area contributed by atoms with Gasteiger partial charge in [0.2, 0.25) is 11.8 Å². The highest BCUT2D eigenvalue weighted by atomic mass is 32.2. The number of rotatable bonds is 8. The van der Waals surface area contributed by atoms with Gasteiger partial charge in [-0.3, -0.25) is 9.59 Å². The fourth-order valence-electron chi connectivity index (χ4n) is 2.45. The van der Waals surface area contributed by atoms with Crippen molar-refractivity contribution < 1.29 is 9.59 Å². The molecule has 0 fully saturated rings. The Balaban J connectivity index is 1.57. The molecular weight excluding hydrogens is 378 g/mol. The SMILES string of the molecule is CCCCC(=O)Nc1ccc2nc(SCC(=O)Nc3ccccc3)sc2c1. The summed E-state index contributed by atoms with van der Waals surface area (Å²) in [4.78, 5) is 28.5. The molecule has 2 amide bonds. The number of amides is 2. The van der Waals surface area contributed by atoms with Crippen LogP contribution in [0.4, 0.5) is 11.4 Å². The second-order valence-corrected chi connectivity index (χ2v) is 8.27. The maximum absolute atomic E-state index is 12.1. The zero-order valence-electron chi connectivity index (χ0n) is 15.0. The summed E-state index contributed by atoms with van der Waals surface area (Å²) in [7, 11) is 0. The van der Waals surface area contributed by atoms with Gasteiger partial charge in [0.25, 0.3) is 0 Å². The van der Waals surface area contributed by atoms with E-state index in [0.29, 0.717) is 12.2 Å². The van der Waals surface area contributed by atoms with Crippen LogP contribution in [0.25, 0.3) is 10.2 Å². The third kappa shape index (κ3) is 5.80. The van der Waals surface area contributed by atoms with Crippen LogP contribution >= 0.6 is 23.1 Å². The van der Waals surface area contributed by atoms with Crippen molar-refractivity contribution in [1.29, 1.82) is 0 Å². The molecule has 0 saturated heterocycles. The molecule has 0 unspecified atom stereocenters. The van der Waals surface area contributed by atoms with Crippen molar-refractivity contribution in [3.63, 3.8) is 0 Å². The van der Waals surface area contributed by atoms with Crippen LogP contribution in [0.15, 0.2) is 52.9 Å². The topological polar surface area (TPSA) is 71.1 Å². The third-order valence-electron chi connectivity index (χ3n) is 3.79. The standard InChI is InChI=1S/C20H21N3O2S2/c1-2-3-9-18(24)22-15-10-11-16-17(12-15)27-20(23-16)26-13-19(25)21-14-7-5-4-6-8-14/h4-8,10-12H,2-3,9,13H2,1H3,(H,21,25)(H,22,24). The molecule has 0 saturated carbocycles. The first-order valence-corrected chi connectivity index (χ1v) is 10.6. The number of aromatic nitrogens is 1. The van der Waals surface area contributed by atoms with E-state index in [4.69, 9.17) is 0 Å². The molecule has 0 aliphatic carbocycles. The number of anilines is 2. The average molecular weight is 400 g/mol. The molecule has 5 nitrogen and oxygen atoms in total. The van der Waals surface area contributed by atoms with Crippen molar-refractivity contribution in [3.8, 4) is 0 Å². The van der Waals surface area contributed by atoms with Crippen LogP contribution in [0, 0.1) is 0 Å². The summed E-state index contributed by atoms with van der Waals surface area (Å²) in [6.07, 6.45) is 2.43. The molecule has 0 atom stereocenters. The molecule has 140 valence electrons. The average Bonchev–Trinajstić information content (AvgIpc) is 3.08. The number of nitrogens with one attached hydrogen (secondary N) is 2. The number of nitrogens with zero attached hydrogens (tertiary/aromatic N) is 1. The lowest BCUT2D eigenvalue weighted by molar-refractivity contribution is -0.116. The summed E-state index contributed by atoms with van der Waals surface area (Å²) in [5.41, 5.74) is 2.44. The lowest BCUT2D eigenvalue weighted by Crippen LogP contribution is -2.13. The van der Waals surface area contributed by atoms with Crippen LogP contribution in [0.1, 0.15) is 26.2 Å². The Labute approximate surface area is 166 Å². The van der Waals surface area contributed by atoms with Crippen LogP contribution < -0.4 is 10.6 Å². The van der Waals surface area contributed by atoms with E-state index in [1.807, 2.05) is 48.5 Å². The summed E-state index contributed by atoms with van der Waals surface area (Å²) < 4.78 is 1.83. The lowest BCUT2D eigenvalue weighted by atomic mass is 10.2. The molecule has 1 aromatic heterocycles. The molecule has 2 N–H and O–H groups in total. The number of hydrogen-bond donors (Lipinski definition) is 2. The van der Waals surface area contributed by atoms with Crippen LogP contribution in [0.2, 0.25) is 0 Å². The molecule has 0 bridgehead atoms. The second-order valence-electron chi connectivity index (χ2n) is 6.02. The van der Waals surface area contributed by atoms with Crippen LogP contribution in [0.5, 0.6) is 0 Å². The Morgan fingerprint density at radius 3 is 2.59 bits per heavy atom. The van der Waals surface area contributed by atoms with Gasteiger partial charge in [-0.1, -0.05) is 43.3 Å². The van der Waals surface area contributed by atoms with Crippen molar-refractivity contribution in [1.82, 2.24) is 4.98 Å². The van der Waals surface area contributed by atoms with E-state index in [0.717, 1.165) is 38.8 Å². The van der Waals surface area contributed by atoms with E-state index < -0.39 is 0 Å². The predicted octanol–water partition coefficient (Wildman–Crippen LogP) is 5.16. The Hall–Kier alpha value is -2.38. The Bertz CT molecular complexity index is 925. The second kappa shape index (κ2) is 9.53. The number of thiazole rings is 1. The molecule has 0 spiro atoms. The molecule has 1 heterocycles. The molecule has 27 heavy (non-hydrogen) atoms. The van der Waals surface area contributed by atoms with Gasteiger partial charge in [0.1, 0.15) is 0 Å². The highest BCUT2D eigenvalue weighted by Crippen LogP contribution is 2.31. The zero-order chi connectivity index (χ0) is 19.1. The minimum atomic E-state index is -0.0608. The van der Waals surface area contributed by atoms with Crippen molar-refractivity contribution in [2.45, 2.75) is 30.5 Å². The number of carbonyl (C=O) groups is 2. The maximum atomic E-state index is 12.1. The van der Waals surface area contributed by atoms with Gasteiger partial charge < -0.3 is 10.6 Å². The van der Waals surface area contributed by atoms with Crippen LogP contribution in [-0.2, 0) is 9.59 Å². The third-order valence-corrected chi connectivity index (χ3v) is 5.96. The number of carbonyl (C=O) groups excluding carboxylic acids is 2. The van der Waals surface area contributed by atoms with Gasteiger partial charge in [-0.15, -0.1) is 11.3 Å². The highest BCUT2D eigenvalue weighted by Gasteiger charge is 2.10. The smallest absolute Gasteiger partial charge is 0.234 e. The van der Waals surface area contributed by atoms with Crippen LogP contribution in [0.3, 0.4) is 0 Å². The molecule has 0 radical (unpaired) electrons. The van der Waals surface area contributed by atoms with E-state index >= 15 is 0 Å². The minimum Gasteiger partial charge on any atom is -0.326 e. The van der Waals surface area contributed by atoms with Gasteiger partial charge in [0.05, 0.1) is 16.0 Å². The first-order chi connectivity index (χ1) is 13.1. The molecule has 3 aromatic rings. The monoisotopic (exact) mass is 399 g/mol. The summed E-state index contributed by atoms with van der Waals surface area (Å²) >= 11 is 2.94. The molecular formula is C20H21N3O2S2. The summed E-state index contributed by atoms with van der Waals surface area (Å²) in [5, 5.41) is 5.79. The van der Waals surface area contributed by atoms with Crippen molar-refractivity contribution >= 4 is 56.5 Å². The molecule has 0 aliphatic heterocycles. The van der Waals surface area contributed by atoms with Crippen molar-refractivity contribution in [2.24, 2.45) is 0 Å². The Morgan fingerprint density at radius 1 is 1.04 bits per heavy atom. The van der Waals surface area contributed by atoms with Gasteiger partial charge in [-0.25, -0.2) is 4.98 Å². The van der Waals surface area contributed by atoms with Gasteiger partial charge in [0.15, 0.2) is 4.34 Å². The van der Waals surface area contributed by atoms with E-state index in [2.05, 4.69) is 22.5 Å². The maximum Gasteiger partial charge on any atom is 0.234 e. The quantitative estimate of drug-likeness (QED) is 0.514. The first-order valence-electron chi connectivity index (χ1n) is 8.82. The molecule has 2 aromatic carbocycles. The van der Waals surface area contributed by atoms with Gasteiger partial charge >= 0.3 is 0 Å².